The number of carbonyl (C=O) groups excluding carboxylic acids is 1. The van der Waals surface area contributed by atoms with Crippen LogP contribution in [0.1, 0.15) is 53.6 Å². The van der Waals surface area contributed by atoms with E-state index in [2.05, 4.69) is 40.7 Å². The van der Waals surface area contributed by atoms with Gasteiger partial charge in [0.25, 0.3) is 5.91 Å². The molecule has 1 amide bonds. The first-order valence-electron chi connectivity index (χ1n) is 8.06. The molecule has 0 fully saturated rings. The summed E-state index contributed by atoms with van der Waals surface area (Å²) in [6.45, 7) is 6.65. The molecular weight excluding hydrogens is 278 g/mol. The van der Waals surface area contributed by atoms with Gasteiger partial charge < -0.3 is 14.0 Å². The lowest BCUT2D eigenvalue weighted by Crippen LogP contribution is -2.42. The van der Waals surface area contributed by atoms with Crippen LogP contribution in [0.5, 0.6) is 0 Å². The second-order valence-corrected chi connectivity index (χ2v) is 6.27. The standard InChI is InChI=1S/C16H21N5O/c1-11-6-7-13-12(2)20(10-9-19(11)13)16(22)15-18-17-14-5-3-4-8-21(14)15/h6-7,12H,3-5,8-10H2,1-2H3/t12-/m1/s1. The van der Waals surface area contributed by atoms with Gasteiger partial charge in [0, 0.05) is 37.4 Å². The highest BCUT2D eigenvalue weighted by atomic mass is 16.2. The monoisotopic (exact) mass is 299 g/mol. The molecule has 1 atom stereocenters. The van der Waals surface area contributed by atoms with Crippen molar-refractivity contribution < 1.29 is 4.79 Å². The molecule has 2 aliphatic rings. The second kappa shape index (κ2) is 4.97. The predicted molar refractivity (Wildman–Crippen MR) is 81.6 cm³/mol. The number of nitrogens with zero attached hydrogens (tertiary/aromatic N) is 5. The van der Waals surface area contributed by atoms with Gasteiger partial charge in [-0.3, -0.25) is 4.79 Å². The Kier molecular flexibility index (Phi) is 3.06. The molecule has 0 saturated heterocycles. The van der Waals surface area contributed by atoms with E-state index in [1.807, 2.05) is 9.47 Å². The van der Waals surface area contributed by atoms with Crippen LogP contribution in [0.4, 0.5) is 0 Å². The predicted octanol–water partition coefficient (Wildman–Crippen LogP) is 1.94. The maximum absolute atomic E-state index is 13.0. The zero-order chi connectivity index (χ0) is 15.3. The van der Waals surface area contributed by atoms with E-state index in [9.17, 15) is 4.79 Å². The van der Waals surface area contributed by atoms with Crippen LogP contribution in [0, 0.1) is 6.92 Å². The highest BCUT2D eigenvalue weighted by Gasteiger charge is 2.32. The van der Waals surface area contributed by atoms with Crippen LogP contribution in [0.3, 0.4) is 0 Å². The summed E-state index contributed by atoms with van der Waals surface area (Å²) < 4.78 is 4.31. The van der Waals surface area contributed by atoms with Crippen molar-refractivity contribution in [2.24, 2.45) is 0 Å². The first kappa shape index (κ1) is 13.5. The molecule has 2 aliphatic heterocycles. The first-order valence-corrected chi connectivity index (χ1v) is 8.06. The molecule has 6 heteroatoms. The van der Waals surface area contributed by atoms with Crippen LogP contribution in [0.25, 0.3) is 0 Å². The van der Waals surface area contributed by atoms with Crippen LogP contribution in [0.15, 0.2) is 12.1 Å². The van der Waals surface area contributed by atoms with Crippen molar-refractivity contribution in [1.29, 1.82) is 0 Å². The highest BCUT2D eigenvalue weighted by molar-refractivity contribution is 5.91. The smallest absolute Gasteiger partial charge is 0.292 e. The van der Waals surface area contributed by atoms with Crippen molar-refractivity contribution in [2.45, 2.75) is 52.2 Å². The summed E-state index contributed by atoms with van der Waals surface area (Å²) in [5.74, 6) is 1.48. The molecule has 0 N–H and O–H groups in total. The van der Waals surface area contributed by atoms with E-state index in [1.165, 1.54) is 11.4 Å². The summed E-state index contributed by atoms with van der Waals surface area (Å²) >= 11 is 0. The van der Waals surface area contributed by atoms with Gasteiger partial charge in [-0.05, 0) is 38.8 Å². The van der Waals surface area contributed by atoms with Crippen molar-refractivity contribution in [3.8, 4) is 0 Å². The minimum Gasteiger partial charge on any atom is -0.345 e. The Morgan fingerprint density at radius 1 is 1.14 bits per heavy atom. The average molecular weight is 299 g/mol. The summed E-state index contributed by atoms with van der Waals surface area (Å²) in [7, 11) is 0. The van der Waals surface area contributed by atoms with E-state index in [0.29, 0.717) is 5.82 Å². The van der Waals surface area contributed by atoms with Crippen LogP contribution < -0.4 is 0 Å². The lowest BCUT2D eigenvalue weighted by atomic mass is 10.1. The van der Waals surface area contributed by atoms with Crippen molar-refractivity contribution >= 4 is 5.91 Å². The Morgan fingerprint density at radius 3 is 2.86 bits per heavy atom. The highest BCUT2D eigenvalue weighted by Crippen LogP contribution is 2.28. The molecule has 4 heterocycles. The molecular formula is C16H21N5O. The third-order valence-corrected chi connectivity index (χ3v) is 5.00. The van der Waals surface area contributed by atoms with Crippen LogP contribution in [-0.4, -0.2) is 36.7 Å². The molecule has 22 heavy (non-hydrogen) atoms. The van der Waals surface area contributed by atoms with E-state index in [0.717, 1.165) is 44.7 Å². The Hall–Kier alpha value is -2.11. The minimum atomic E-state index is 0.0123. The summed E-state index contributed by atoms with van der Waals surface area (Å²) in [4.78, 5) is 14.9. The molecule has 0 aromatic carbocycles. The third kappa shape index (κ3) is 1.90. The van der Waals surface area contributed by atoms with E-state index in [-0.39, 0.29) is 11.9 Å². The molecule has 116 valence electrons. The number of amides is 1. The molecule has 0 aliphatic carbocycles. The largest absolute Gasteiger partial charge is 0.345 e. The van der Waals surface area contributed by atoms with E-state index in [1.54, 1.807) is 0 Å². The number of aromatic nitrogens is 4. The molecule has 6 nitrogen and oxygen atoms in total. The molecule has 0 spiro atoms. The molecule has 2 aromatic heterocycles. The second-order valence-electron chi connectivity index (χ2n) is 6.27. The molecule has 0 unspecified atom stereocenters. The van der Waals surface area contributed by atoms with Crippen LogP contribution >= 0.6 is 0 Å². The SMILES string of the molecule is Cc1ccc2n1CCN(C(=O)c1nnc3n1CCCC3)[C@@H]2C. The fourth-order valence-electron chi connectivity index (χ4n) is 3.69. The van der Waals surface area contributed by atoms with Gasteiger partial charge in [0.2, 0.25) is 5.82 Å². The Bertz CT molecular complexity index is 729. The average Bonchev–Trinajstić information content (AvgIpc) is 3.12. The fraction of sp³-hybridized carbons (Fsp3) is 0.562. The van der Waals surface area contributed by atoms with Gasteiger partial charge in [-0.2, -0.15) is 0 Å². The molecule has 2 aromatic rings. The zero-order valence-electron chi connectivity index (χ0n) is 13.1. The molecule has 0 bridgehead atoms. The van der Waals surface area contributed by atoms with Crippen molar-refractivity contribution in [3.05, 3.63) is 35.2 Å². The number of hydrogen-bond donors (Lipinski definition) is 0. The normalized spacial score (nSPS) is 20.6. The van der Waals surface area contributed by atoms with E-state index in [4.69, 9.17) is 0 Å². The topological polar surface area (TPSA) is 56.0 Å². The van der Waals surface area contributed by atoms with Gasteiger partial charge in [0.05, 0.1) is 6.04 Å². The van der Waals surface area contributed by atoms with Crippen molar-refractivity contribution in [2.75, 3.05) is 6.54 Å². The molecule has 0 radical (unpaired) electrons. The van der Waals surface area contributed by atoms with Gasteiger partial charge in [-0.25, -0.2) is 0 Å². The summed E-state index contributed by atoms with van der Waals surface area (Å²) in [6, 6.07) is 4.32. The maximum atomic E-state index is 13.0. The summed E-state index contributed by atoms with van der Waals surface area (Å²) in [5.41, 5.74) is 2.46. The lowest BCUT2D eigenvalue weighted by molar-refractivity contribution is 0.0623. The fourth-order valence-corrected chi connectivity index (χ4v) is 3.69. The maximum Gasteiger partial charge on any atom is 0.292 e. The van der Waals surface area contributed by atoms with Crippen molar-refractivity contribution in [1.82, 2.24) is 24.2 Å². The van der Waals surface area contributed by atoms with Gasteiger partial charge >= 0.3 is 0 Å². The quantitative estimate of drug-likeness (QED) is 0.808. The Labute approximate surface area is 129 Å². The zero-order valence-corrected chi connectivity index (χ0v) is 13.1. The Balaban J connectivity index is 1.65. The molecule has 0 saturated carbocycles. The van der Waals surface area contributed by atoms with Crippen LogP contribution in [-0.2, 0) is 19.5 Å². The first-order chi connectivity index (χ1) is 10.7. The van der Waals surface area contributed by atoms with Gasteiger partial charge in [-0.15, -0.1) is 10.2 Å². The van der Waals surface area contributed by atoms with Gasteiger partial charge in [0.1, 0.15) is 5.82 Å². The van der Waals surface area contributed by atoms with Crippen LogP contribution in [0.2, 0.25) is 0 Å². The van der Waals surface area contributed by atoms with Gasteiger partial charge in [-0.1, -0.05) is 0 Å². The summed E-state index contributed by atoms with van der Waals surface area (Å²) in [6.07, 6.45) is 3.17. The number of rotatable bonds is 1. The number of hydrogen-bond acceptors (Lipinski definition) is 3. The van der Waals surface area contributed by atoms with Crippen molar-refractivity contribution in [3.63, 3.8) is 0 Å². The third-order valence-electron chi connectivity index (χ3n) is 5.00. The van der Waals surface area contributed by atoms with E-state index >= 15 is 0 Å². The number of aryl methyl sites for hydroxylation is 2. The van der Waals surface area contributed by atoms with E-state index < -0.39 is 0 Å². The minimum absolute atomic E-state index is 0.0123. The lowest BCUT2D eigenvalue weighted by Gasteiger charge is -2.35. The number of carbonyl (C=O) groups is 1. The summed E-state index contributed by atoms with van der Waals surface area (Å²) in [5, 5.41) is 8.39. The van der Waals surface area contributed by atoms with Gasteiger partial charge in [0.15, 0.2) is 0 Å². The molecule has 4 rings (SSSR count). The Morgan fingerprint density at radius 2 is 2.00 bits per heavy atom. The number of fused-ring (bicyclic) bond motifs is 2.